The molecule has 0 spiro atoms. The Morgan fingerprint density at radius 1 is 1.04 bits per heavy atom. The maximum Gasteiger partial charge on any atom is 0.241 e. The van der Waals surface area contributed by atoms with Gasteiger partial charge in [-0.3, -0.25) is 4.79 Å². The SMILES string of the molecule is C[C@H](CNC(=O)CNS(=O)(=O)c1ccc2c(c1)CCCC2)c1ccccc1. The molecule has 1 aliphatic rings. The van der Waals surface area contributed by atoms with Gasteiger partial charge in [0.15, 0.2) is 0 Å². The number of nitrogens with one attached hydrogen (secondary N) is 2. The molecule has 0 heterocycles. The van der Waals surface area contributed by atoms with Crippen LogP contribution in [0.4, 0.5) is 0 Å². The Balaban J connectivity index is 1.53. The molecule has 0 bridgehead atoms. The molecule has 1 aliphatic carbocycles. The second kappa shape index (κ2) is 8.67. The molecule has 3 rings (SSSR count). The van der Waals surface area contributed by atoms with E-state index in [-0.39, 0.29) is 23.3 Å². The summed E-state index contributed by atoms with van der Waals surface area (Å²) in [4.78, 5) is 12.3. The van der Waals surface area contributed by atoms with Crippen LogP contribution in [0.2, 0.25) is 0 Å². The van der Waals surface area contributed by atoms with Crippen LogP contribution in [0, 0.1) is 0 Å². The number of fused-ring (bicyclic) bond motifs is 1. The first kappa shape index (κ1) is 19.6. The first-order valence-electron chi connectivity index (χ1n) is 9.39. The van der Waals surface area contributed by atoms with E-state index in [0.717, 1.165) is 36.8 Å². The van der Waals surface area contributed by atoms with Crippen LogP contribution in [-0.4, -0.2) is 27.4 Å². The number of rotatable bonds is 7. The van der Waals surface area contributed by atoms with Crippen LogP contribution < -0.4 is 10.0 Å². The largest absolute Gasteiger partial charge is 0.354 e. The van der Waals surface area contributed by atoms with Crippen molar-refractivity contribution in [3.05, 3.63) is 65.2 Å². The van der Waals surface area contributed by atoms with E-state index in [0.29, 0.717) is 6.54 Å². The van der Waals surface area contributed by atoms with Gasteiger partial charge in [0.05, 0.1) is 11.4 Å². The fraction of sp³-hybridized carbons (Fsp3) is 0.381. The van der Waals surface area contributed by atoms with Gasteiger partial charge in [0.25, 0.3) is 0 Å². The van der Waals surface area contributed by atoms with Crippen LogP contribution in [0.15, 0.2) is 53.4 Å². The third-order valence-electron chi connectivity index (χ3n) is 5.03. The molecule has 1 amide bonds. The smallest absolute Gasteiger partial charge is 0.241 e. The molecule has 0 unspecified atom stereocenters. The standard InChI is InChI=1S/C21H26N2O3S/c1-16(17-7-3-2-4-8-17)14-22-21(24)15-23-27(25,26)20-12-11-18-9-5-6-10-19(18)13-20/h2-4,7-8,11-13,16,23H,5-6,9-10,14-15H2,1H3,(H,22,24)/t16-/m1/s1. The molecule has 2 aromatic rings. The van der Waals surface area contributed by atoms with E-state index in [4.69, 9.17) is 0 Å². The molecule has 2 aromatic carbocycles. The van der Waals surface area contributed by atoms with Crippen LogP contribution in [0.3, 0.4) is 0 Å². The molecule has 2 N–H and O–H groups in total. The van der Waals surface area contributed by atoms with Crippen molar-refractivity contribution in [3.8, 4) is 0 Å². The molecule has 5 nitrogen and oxygen atoms in total. The van der Waals surface area contributed by atoms with Crippen LogP contribution in [-0.2, 0) is 27.7 Å². The summed E-state index contributed by atoms with van der Waals surface area (Å²) in [6.07, 6.45) is 4.16. The molecule has 27 heavy (non-hydrogen) atoms. The molecule has 0 fully saturated rings. The molecule has 144 valence electrons. The fourth-order valence-corrected chi connectivity index (χ4v) is 4.38. The molecule has 0 saturated carbocycles. The Labute approximate surface area is 161 Å². The number of hydrogen-bond acceptors (Lipinski definition) is 3. The van der Waals surface area contributed by atoms with Gasteiger partial charge in [-0.25, -0.2) is 13.1 Å². The Hall–Kier alpha value is -2.18. The lowest BCUT2D eigenvalue weighted by Crippen LogP contribution is -2.38. The second-order valence-corrected chi connectivity index (χ2v) is 8.84. The summed E-state index contributed by atoms with van der Waals surface area (Å²) in [6, 6.07) is 15.1. The zero-order chi connectivity index (χ0) is 19.3. The highest BCUT2D eigenvalue weighted by atomic mass is 32.2. The Morgan fingerprint density at radius 2 is 1.74 bits per heavy atom. The molecule has 0 radical (unpaired) electrons. The van der Waals surface area contributed by atoms with E-state index in [9.17, 15) is 13.2 Å². The quantitative estimate of drug-likeness (QED) is 0.768. The van der Waals surface area contributed by atoms with Crippen molar-refractivity contribution in [2.75, 3.05) is 13.1 Å². The van der Waals surface area contributed by atoms with Crippen molar-refractivity contribution in [1.82, 2.24) is 10.0 Å². The maximum atomic E-state index is 12.5. The Morgan fingerprint density at radius 3 is 2.48 bits per heavy atom. The van der Waals surface area contributed by atoms with Gasteiger partial charge in [-0.05, 0) is 60.4 Å². The van der Waals surface area contributed by atoms with Gasteiger partial charge in [-0.1, -0.05) is 43.3 Å². The van der Waals surface area contributed by atoms with Gasteiger partial charge in [0, 0.05) is 6.54 Å². The number of sulfonamides is 1. The highest BCUT2D eigenvalue weighted by Gasteiger charge is 2.18. The van der Waals surface area contributed by atoms with Crippen LogP contribution in [0.5, 0.6) is 0 Å². The summed E-state index contributed by atoms with van der Waals surface area (Å²) in [7, 11) is -3.69. The molecular formula is C21H26N2O3S. The number of benzene rings is 2. The van der Waals surface area contributed by atoms with E-state index in [1.165, 1.54) is 5.56 Å². The molecule has 0 aromatic heterocycles. The van der Waals surface area contributed by atoms with Crippen molar-refractivity contribution in [3.63, 3.8) is 0 Å². The van der Waals surface area contributed by atoms with Gasteiger partial charge < -0.3 is 5.32 Å². The predicted molar refractivity (Wildman–Crippen MR) is 106 cm³/mol. The minimum atomic E-state index is -3.69. The number of amides is 1. The molecule has 6 heteroatoms. The summed E-state index contributed by atoms with van der Waals surface area (Å²) >= 11 is 0. The number of carbonyl (C=O) groups excluding carboxylic acids is 1. The zero-order valence-electron chi connectivity index (χ0n) is 15.6. The lowest BCUT2D eigenvalue weighted by Gasteiger charge is -2.17. The summed E-state index contributed by atoms with van der Waals surface area (Å²) in [6.45, 7) is 2.22. The first-order chi connectivity index (χ1) is 13.0. The summed E-state index contributed by atoms with van der Waals surface area (Å²) in [5.41, 5.74) is 3.46. The van der Waals surface area contributed by atoms with Crippen LogP contribution in [0.1, 0.15) is 42.4 Å². The van der Waals surface area contributed by atoms with Crippen molar-refractivity contribution >= 4 is 15.9 Å². The van der Waals surface area contributed by atoms with E-state index < -0.39 is 10.0 Å². The number of carbonyl (C=O) groups is 1. The molecule has 1 atom stereocenters. The predicted octanol–water partition coefficient (Wildman–Crippen LogP) is 2.76. The highest BCUT2D eigenvalue weighted by Crippen LogP contribution is 2.24. The second-order valence-electron chi connectivity index (χ2n) is 7.08. The average molecular weight is 387 g/mol. The topological polar surface area (TPSA) is 75.3 Å². The Kier molecular flexibility index (Phi) is 6.29. The highest BCUT2D eigenvalue weighted by molar-refractivity contribution is 7.89. The van der Waals surface area contributed by atoms with Gasteiger partial charge in [0.1, 0.15) is 0 Å². The number of aryl methyl sites for hydroxylation is 2. The third-order valence-corrected chi connectivity index (χ3v) is 6.43. The van der Waals surface area contributed by atoms with E-state index in [2.05, 4.69) is 10.0 Å². The van der Waals surface area contributed by atoms with Crippen molar-refractivity contribution in [2.45, 2.75) is 43.4 Å². The van der Waals surface area contributed by atoms with Gasteiger partial charge >= 0.3 is 0 Å². The third kappa shape index (κ3) is 5.17. The monoisotopic (exact) mass is 386 g/mol. The lowest BCUT2D eigenvalue weighted by atomic mass is 9.92. The van der Waals surface area contributed by atoms with Crippen LogP contribution in [0.25, 0.3) is 0 Å². The van der Waals surface area contributed by atoms with Crippen molar-refractivity contribution < 1.29 is 13.2 Å². The molecule has 0 saturated heterocycles. The summed E-state index contributed by atoms with van der Waals surface area (Å²) < 4.78 is 27.4. The van der Waals surface area contributed by atoms with E-state index in [1.807, 2.05) is 43.3 Å². The summed E-state index contributed by atoms with van der Waals surface area (Å²) in [5, 5.41) is 2.79. The maximum absolute atomic E-state index is 12.5. The normalized spacial score (nSPS) is 15.0. The minimum absolute atomic E-state index is 0.160. The van der Waals surface area contributed by atoms with Crippen molar-refractivity contribution in [2.24, 2.45) is 0 Å². The van der Waals surface area contributed by atoms with Gasteiger partial charge in [0.2, 0.25) is 15.9 Å². The van der Waals surface area contributed by atoms with E-state index >= 15 is 0 Å². The zero-order valence-corrected chi connectivity index (χ0v) is 16.4. The van der Waals surface area contributed by atoms with Crippen LogP contribution >= 0.6 is 0 Å². The Bertz CT molecular complexity index is 895. The van der Waals surface area contributed by atoms with Gasteiger partial charge in [-0.15, -0.1) is 0 Å². The molecule has 0 aliphatic heterocycles. The number of hydrogen-bond donors (Lipinski definition) is 2. The first-order valence-corrected chi connectivity index (χ1v) is 10.9. The minimum Gasteiger partial charge on any atom is -0.354 e. The fourth-order valence-electron chi connectivity index (χ4n) is 3.35. The van der Waals surface area contributed by atoms with E-state index in [1.54, 1.807) is 12.1 Å². The lowest BCUT2D eigenvalue weighted by molar-refractivity contribution is -0.120. The average Bonchev–Trinajstić information content (AvgIpc) is 2.70. The molecular weight excluding hydrogens is 360 g/mol. The summed E-state index contributed by atoms with van der Waals surface area (Å²) in [5.74, 6) is -0.174. The van der Waals surface area contributed by atoms with Gasteiger partial charge in [-0.2, -0.15) is 0 Å². The van der Waals surface area contributed by atoms with Crippen molar-refractivity contribution in [1.29, 1.82) is 0 Å².